The second-order valence-corrected chi connectivity index (χ2v) is 15.7. The van der Waals surface area contributed by atoms with Gasteiger partial charge >= 0.3 is 11.9 Å². The highest BCUT2D eigenvalue weighted by Gasteiger charge is 2.69. The minimum atomic E-state index is -0.140. The van der Waals surface area contributed by atoms with Gasteiger partial charge in [-0.05, 0) is 104 Å². The summed E-state index contributed by atoms with van der Waals surface area (Å²) in [6.07, 6.45) is 11.9. The van der Waals surface area contributed by atoms with Crippen LogP contribution in [0.15, 0.2) is 11.1 Å². The van der Waals surface area contributed by atoms with Crippen molar-refractivity contribution in [2.24, 2.45) is 50.7 Å². The quantitative estimate of drug-likeness (QED) is 0.273. The predicted octanol–water partition coefficient (Wildman–Crippen LogP) is 8.28. The maximum atomic E-state index is 11.9. The summed E-state index contributed by atoms with van der Waals surface area (Å²) >= 11 is 0. The molecule has 0 bridgehead atoms. The Morgan fingerprint density at radius 3 is 2.16 bits per heavy atom. The van der Waals surface area contributed by atoms with E-state index in [4.69, 9.17) is 9.47 Å². The highest BCUT2D eigenvalue weighted by atomic mass is 16.5. The van der Waals surface area contributed by atoms with Crippen LogP contribution in [0.5, 0.6) is 0 Å². The van der Waals surface area contributed by atoms with Crippen LogP contribution in [0, 0.1) is 50.7 Å². The Labute approximate surface area is 232 Å². The Morgan fingerprint density at radius 1 is 0.816 bits per heavy atom. The van der Waals surface area contributed by atoms with Crippen LogP contribution in [0.1, 0.15) is 127 Å². The number of carbonyl (C=O) groups is 2. The Balaban J connectivity index is 1.52. The van der Waals surface area contributed by atoms with E-state index in [1.54, 1.807) is 25.0 Å². The van der Waals surface area contributed by atoms with Crippen LogP contribution in [0.25, 0.3) is 0 Å². The zero-order valence-electron chi connectivity index (χ0n) is 25.8. The lowest BCUT2D eigenvalue weighted by molar-refractivity contribution is -0.233. The highest BCUT2D eigenvalue weighted by molar-refractivity contribution is 5.66. The van der Waals surface area contributed by atoms with Crippen LogP contribution in [-0.2, 0) is 19.1 Å². The van der Waals surface area contributed by atoms with E-state index in [1.165, 1.54) is 38.5 Å². The molecule has 5 aliphatic carbocycles. The van der Waals surface area contributed by atoms with Crippen molar-refractivity contribution < 1.29 is 19.1 Å². The number of carbonyl (C=O) groups excluding carboxylic acids is 2. The summed E-state index contributed by atoms with van der Waals surface area (Å²) in [6.45, 7) is 21.1. The molecule has 0 aromatic carbocycles. The third-order valence-electron chi connectivity index (χ3n) is 13.6. The van der Waals surface area contributed by atoms with Crippen LogP contribution in [0.3, 0.4) is 0 Å². The molecule has 0 heterocycles. The second kappa shape index (κ2) is 9.10. The van der Waals surface area contributed by atoms with Gasteiger partial charge in [0, 0.05) is 24.7 Å². The number of rotatable bonds is 4. The number of ether oxygens (including phenoxy) is 2. The van der Waals surface area contributed by atoms with Gasteiger partial charge in [0.2, 0.25) is 0 Å². The van der Waals surface area contributed by atoms with Crippen LogP contribution < -0.4 is 0 Å². The predicted molar refractivity (Wildman–Crippen MR) is 151 cm³/mol. The molecule has 5 aliphatic rings. The zero-order chi connectivity index (χ0) is 27.9. The monoisotopic (exact) mass is 526 g/mol. The van der Waals surface area contributed by atoms with Gasteiger partial charge in [-0.2, -0.15) is 0 Å². The molecule has 0 spiro atoms. The normalized spacial score (nSPS) is 45.5. The maximum absolute atomic E-state index is 11.9. The molecule has 0 radical (unpaired) electrons. The summed E-state index contributed by atoms with van der Waals surface area (Å²) in [5.74, 6) is 2.15. The molecular formula is C34H54O4. The van der Waals surface area contributed by atoms with Gasteiger partial charge in [-0.3, -0.25) is 9.59 Å². The Morgan fingerprint density at radius 2 is 1.53 bits per heavy atom. The van der Waals surface area contributed by atoms with Gasteiger partial charge in [0.25, 0.3) is 0 Å². The second-order valence-electron chi connectivity index (χ2n) is 15.7. The molecule has 4 fully saturated rings. The highest BCUT2D eigenvalue weighted by Crippen LogP contribution is 2.76. The van der Waals surface area contributed by atoms with Gasteiger partial charge in [0.05, 0.1) is 0 Å². The summed E-state index contributed by atoms with van der Waals surface area (Å²) in [5, 5.41) is 0. The molecule has 0 N–H and O–H groups in total. The summed E-state index contributed by atoms with van der Waals surface area (Å²) in [5.41, 5.74) is 4.29. The fourth-order valence-electron chi connectivity index (χ4n) is 11.6. The minimum Gasteiger partial charge on any atom is -0.465 e. The van der Waals surface area contributed by atoms with E-state index in [2.05, 4.69) is 48.5 Å². The van der Waals surface area contributed by atoms with Crippen molar-refractivity contribution in [2.45, 2.75) is 133 Å². The molecule has 8 atom stereocenters. The van der Waals surface area contributed by atoms with Crippen molar-refractivity contribution >= 4 is 11.9 Å². The van der Waals surface area contributed by atoms with E-state index < -0.39 is 0 Å². The van der Waals surface area contributed by atoms with Gasteiger partial charge < -0.3 is 9.47 Å². The molecule has 0 aliphatic heterocycles. The van der Waals surface area contributed by atoms with Crippen LogP contribution in [0.2, 0.25) is 0 Å². The minimum absolute atomic E-state index is 0.00228. The van der Waals surface area contributed by atoms with E-state index in [0.29, 0.717) is 30.3 Å². The number of allylic oxidation sites excluding steroid dienone is 1. The zero-order valence-corrected chi connectivity index (χ0v) is 25.8. The van der Waals surface area contributed by atoms with Gasteiger partial charge in [0.15, 0.2) is 0 Å². The smallest absolute Gasteiger partial charge is 0.302 e. The lowest BCUT2D eigenvalue weighted by Crippen LogP contribution is -2.66. The number of hydrogen-bond donors (Lipinski definition) is 0. The molecule has 38 heavy (non-hydrogen) atoms. The average molecular weight is 527 g/mol. The Hall–Kier alpha value is -1.32. The van der Waals surface area contributed by atoms with Crippen LogP contribution >= 0.6 is 0 Å². The fourth-order valence-corrected chi connectivity index (χ4v) is 11.6. The molecule has 5 rings (SSSR count). The van der Waals surface area contributed by atoms with E-state index in [9.17, 15) is 9.59 Å². The summed E-state index contributed by atoms with van der Waals surface area (Å²) < 4.78 is 11.7. The van der Waals surface area contributed by atoms with Crippen molar-refractivity contribution in [1.82, 2.24) is 0 Å². The van der Waals surface area contributed by atoms with Crippen LogP contribution in [-0.4, -0.2) is 24.6 Å². The maximum Gasteiger partial charge on any atom is 0.302 e. The molecule has 214 valence electrons. The first-order chi connectivity index (χ1) is 17.6. The van der Waals surface area contributed by atoms with Gasteiger partial charge in [-0.1, -0.05) is 59.6 Å². The van der Waals surface area contributed by atoms with E-state index in [1.807, 2.05) is 0 Å². The number of fused-ring (bicyclic) bond motifs is 7. The lowest BCUT2D eigenvalue weighted by Gasteiger charge is -2.72. The average Bonchev–Trinajstić information content (AvgIpc) is 3.20. The molecule has 0 aromatic rings. The standard InChI is InChI=1S/C34H54O4/c1-21(2)24-12-17-34(20-37-22(3)35)19-18-32(8)25(29(24)34)10-11-27-31(7)15-14-28(38-23(4)36)30(5,6)26(31)13-16-33(27,32)9/h21,25-28H,10-20H2,1-9H3/t25?,26-,27?,28-,31-,32+,33+,34+/m0/s1. The molecule has 0 saturated heterocycles. The van der Waals surface area contributed by atoms with Gasteiger partial charge in [-0.15, -0.1) is 0 Å². The third kappa shape index (κ3) is 3.80. The third-order valence-corrected chi connectivity index (χ3v) is 13.6. The largest absolute Gasteiger partial charge is 0.465 e. The van der Waals surface area contributed by atoms with Crippen LogP contribution in [0.4, 0.5) is 0 Å². The van der Waals surface area contributed by atoms with Gasteiger partial charge in [0.1, 0.15) is 12.7 Å². The van der Waals surface area contributed by atoms with Crippen molar-refractivity contribution in [1.29, 1.82) is 0 Å². The Kier molecular flexibility index (Phi) is 6.76. The molecule has 4 nitrogen and oxygen atoms in total. The first kappa shape index (κ1) is 28.2. The van der Waals surface area contributed by atoms with Crippen molar-refractivity contribution in [2.75, 3.05) is 6.61 Å². The van der Waals surface area contributed by atoms with Crippen molar-refractivity contribution in [3.8, 4) is 0 Å². The molecule has 2 unspecified atom stereocenters. The molecular weight excluding hydrogens is 472 g/mol. The first-order valence-corrected chi connectivity index (χ1v) is 15.7. The van der Waals surface area contributed by atoms with Gasteiger partial charge in [-0.25, -0.2) is 0 Å². The summed E-state index contributed by atoms with van der Waals surface area (Å²) in [6, 6.07) is 0. The number of esters is 2. The van der Waals surface area contributed by atoms with E-state index in [-0.39, 0.29) is 45.1 Å². The van der Waals surface area contributed by atoms with Crippen molar-refractivity contribution in [3.63, 3.8) is 0 Å². The fraction of sp³-hybridized carbons (Fsp3) is 0.882. The van der Waals surface area contributed by atoms with E-state index >= 15 is 0 Å². The first-order valence-electron chi connectivity index (χ1n) is 15.7. The summed E-state index contributed by atoms with van der Waals surface area (Å²) in [7, 11) is 0. The molecule has 0 amide bonds. The van der Waals surface area contributed by atoms with E-state index in [0.717, 1.165) is 25.7 Å². The molecule has 4 saturated carbocycles. The summed E-state index contributed by atoms with van der Waals surface area (Å²) in [4.78, 5) is 23.8. The molecule has 4 heteroatoms. The topological polar surface area (TPSA) is 52.6 Å². The SMILES string of the molecule is CC(=O)OC[C@]12CCC(C(C)C)=C1C1CCC3[C@@]4(C)CC[C@H](OC(C)=O)C(C)(C)[C@@H]4CC[C@@]3(C)[C@]1(C)CC2. The lowest BCUT2D eigenvalue weighted by atomic mass is 9.33. The van der Waals surface area contributed by atoms with Crippen molar-refractivity contribution in [3.05, 3.63) is 11.1 Å². The Bertz CT molecular complexity index is 1020. The number of hydrogen-bond acceptors (Lipinski definition) is 4. The molecule has 0 aromatic heterocycles.